The fourth-order valence-electron chi connectivity index (χ4n) is 1.20. The first-order valence-electron chi connectivity index (χ1n) is 4.03. The van der Waals surface area contributed by atoms with Crippen LogP contribution < -0.4 is 5.73 Å². The first-order chi connectivity index (χ1) is 6.31. The van der Waals surface area contributed by atoms with E-state index >= 15 is 0 Å². The monoisotopic (exact) mass is 177 g/mol. The summed E-state index contributed by atoms with van der Waals surface area (Å²) in [6.07, 6.45) is 5.38. The van der Waals surface area contributed by atoms with Gasteiger partial charge in [0.1, 0.15) is 11.5 Å². The zero-order valence-electron chi connectivity index (χ0n) is 7.36. The molecule has 5 nitrogen and oxygen atoms in total. The minimum Gasteiger partial charge on any atom is -0.338 e. The van der Waals surface area contributed by atoms with Gasteiger partial charge in [-0.1, -0.05) is 0 Å². The zero-order chi connectivity index (χ0) is 9.26. The Kier molecular flexibility index (Phi) is 1.86. The van der Waals surface area contributed by atoms with E-state index in [1.54, 1.807) is 12.4 Å². The summed E-state index contributed by atoms with van der Waals surface area (Å²) in [4.78, 5) is 11.4. The van der Waals surface area contributed by atoms with Crippen molar-refractivity contribution in [1.29, 1.82) is 0 Å². The quantitative estimate of drug-likeness (QED) is 0.691. The topological polar surface area (TPSA) is 72.5 Å². The van der Waals surface area contributed by atoms with Gasteiger partial charge in [-0.25, -0.2) is 9.97 Å². The molecule has 0 aromatic carbocycles. The van der Waals surface area contributed by atoms with Crippen molar-refractivity contribution in [2.45, 2.75) is 6.54 Å². The molecule has 0 fully saturated rings. The fourth-order valence-corrected chi connectivity index (χ4v) is 1.20. The minimum absolute atomic E-state index is 0.421. The van der Waals surface area contributed by atoms with Gasteiger partial charge in [-0.3, -0.25) is 0 Å². The normalized spacial score (nSPS) is 10.6. The van der Waals surface area contributed by atoms with E-state index in [1.807, 2.05) is 17.8 Å². The van der Waals surface area contributed by atoms with Crippen molar-refractivity contribution in [3.05, 3.63) is 24.4 Å². The Hall–Kier alpha value is -1.62. The average molecular weight is 177 g/mol. The van der Waals surface area contributed by atoms with Crippen molar-refractivity contribution < 1.29 is 0 Å². The predicted molar refractivity (Wildman–Crippen MR) is 48.7 cm³/mol. The van der Waals surface area contributed by atoms with Crippen molar-refractivity contribution in [3.8, 4) is 11.5 Å². The number of nitrogens with zero attached hydrogens (tertiary/aromatic N) is 3. The summed E-state index contributed by atoms with van der Waals surface area (Å²) in [7, 11) is 1.94. The summed E-state index contributed by atoms with van der Waals surface area (Å²) in [5.74, 6) is 1.64. The van der Waals surface area contributed by atoms with Gasteiger partial charge in [0, 0.05) is 19.4 Å². The Morgan fingerprint density at radius 3 is 2.92 bits per heavy atom. The lowest BCUT2D eigenvalue weighted by molar-refractivity contribution is 0.912. The standard InChI is InChI=1S/C8H11N5/c1-13-3-2-10-8(13)6-5-11-7(4-9)12-6/h2-3,5H,4,9H2,1H3,(H,11,12). The van der Waals surface area contributed by atoms with Crippen LogP contribution in [0.1, 0.15) is 5.82 Å². The van der Waals surface area contributed by atoms with Crippen molar-refractivity contribution in [3.63, 3.8) is 0 Å². The van der Waals surface area contributed by atoms with Gasteiger partial charge in [0.15, 0.2) is 5.82 Å². The third-order valence-corrected chi connectivity index (χ3v) is 1.88. The van der Waals surface area contributed by atoms with E-state index in [1.165, 1.54) is 0 Å². The molecule has 0 spiro atoms. The van der Waals surface area contributed by atoms with Gasteiger partial charge in [0.05, 0.1) is 12.7 Å². The van der Waals surface area contributed by atoms with Crippen LogP contribution in [0, 0.1) is 0 Å². The summed E-state index contributed by atoms with van der Waals surface area (Å²) in [5.41, 5.74) is 6.33. The Morgan fingerprint density at radius 1 is 1.54 bits per heavy atom. The molecule has 5 heteroatoms. The SMILES string of the molecule is Cn1ccnc1-c1cnc(CN)[nH]1. The highest BCUT2D eigenvalue weighted by atomic mass is 15.1. The van der Waals surface area contributed by atoms with Crippen LogP contribution in [-0.2, 0) is 13.6 Å². The summed E-state index contributed by atoms with van der Waals surface area (Å²) in [6.45, 7) is 0.421. The van der Waals surface area contributed by atoms with E-state index in [0.717, 1.165) is 17.3 Å². The highest BCUT2D eigenvalue weighted by Gasteiger charge is 2.05. The summed E-state index contributed by atoms with van der Waals surface area (Å²) >= 11 is 0. The lowest BCUT2D eigenvalue weighted by Crippen LogP contribution is -1.98. The van der Waals surface area contributed by atoms with Crippen LogP contribution in [0.3, 0.4) is 0 Å². The smallest absolute Gasteiger partial charge is 0.157 e. The van der Waals surface area contributed by atoms with Crippen LogP contribution >= 0.6 is 0 Å². The maximum Gasteiger partial charge on any atom is 0.157 e. The molecule has 0 aliphatic carbocycles. The molecular weight excluding hydrogens is 166 g/mol. The predicted octanol–water partition coefficient (Wildman–Crippen LogP) is 0.269. The molecule has 0 atom stereocenters. The van der Waals surface area contributed by atoms with Gasteiger partial charge in [0.25, 0.3) is 0 Å². The van der Waals surface area contributed by atoms with E-state index < -0.39 is 0 Å². The average Bonchev–Trinajstić information content (AvgIpc) is 2.71. The molecule has 0 unspecified atom stereocenters. The highest BCUT2D eigenvalue weighted by Crippen LogP contribution is 2.12. The molecule has 0 aliphatic rings. The lowest BCUT2D eigenvalue weighted by atomic mass is 10.4. The van der Waals surface area contributed by atoms with Gasteiger partial charge in [-0.15, -0.1) is 0 Å². The van der Waals surface area contributed by atoms with Crippen LogP contribution in [-0.4, -0.2) is 19.5 Å². The second kappa shape index (κ2) is 3.02. The number of aromatic nitrogens is 4. The maximum absolute atomic E-state index is 5.43. The molecule has 68 valence electrons. The fraction of sp³-hybridized carbons (Fsp3) is 0.250. The third kappa shape index (κ3) is 1.33. The largest absolute Gasteiger partial charge is 0.338 e. The van der Waals surface area contributed by atoms with E-state index in [2.05, 4.69) is 15.0 Å². The van der Waals surface area contributed by atoms with E-state index in [9.17, 15) is 0 Å². The van der Waals surface area contributed by atoms with Crippen LogP contribution in [0.25, 0.3) is 11.5 Å². The van der Waals surface area contributed by atoms with Crippen molar-refractivity contribution in [2.75, 3.05) is 0 Å². The van der Waals surface area contributed by atoms with Crippen molar-refractivity contribution >= 4 is 0 Å². The second-order valence-corrected chi connectivity index (χ2v) is 2.81. The summed E-state index contributed by atoms with van der Waals surface area (Å²) in [6, 6.07) is 0. The molecule has 2 aromatic rings. The number of aromatic amines is 1. The molecule has 0 amide bonds. The Labute approximate surface area is 75.6 Å². The molecule has 13 heavy (non-hydrogen) atoms. The van der Waals surface area contributed by atoms with E-state index in [0.29, 0.717) is 6.54 Å². The number of nitrogens with two attached hydrogens (primary N) is 1. The van der Waals surface area contributed by atoms with E-state index in [4.69, 9.17) is 5.73 Å². The first kappa shape index (κ1) is 8.00. The number of rotatable bonds is 2. The molecular formula is C8H11N5. The van der Waals surface area contributed by atoms with Crippen LogP contribution in [0.2, 0.25) is 0 Å². The molecule has 2 aromatic heterocycles. The van der Waals surface area contributed by atoms with Gasteiger partial charge < -0.3 is 15.3 Å². The van der Waals surface area contributed by atoms with Gasteiger partial charge >= 0.3 is 0 Å². The van der Waals surface area contributed by atoms with Crippen molar-refractivity contribution in [1.82, 2.24) is 19.5 Å². The molecule has 2 heterocycles. The number of nitrogens with one attached hydrogen (secondary N) is 1. The summed E-state index contributed by atoms with van der Waals surface area (Å²) in [5, 5.41) is 0. The Balaban J connectivity index is 2.41. The maximum atomic E-state index is 5.43. The van der Waals surface area contributed by atoms with Crippen molar-refractivity contribution in [2.24, 2.45) is 12.8 Å². The molecule has 3 N–H and O–H groups in total. The van der Waals surface area contributed by atoms with Gasteiger partial charge in [-0.05, 0) is 0 Å². The number of aryl methyl sites for hydroxylation is 1. The molecule has 0 bridgehead atoms. The zero-order valence-corrected chi connectivity index (χ0v) is 7.36. The van der Waals surface area contributed by atoms with Gasteiger partial charge in [-0.2, -0.15) is 0 Å². The molecule has 2 rings (SSSR count). The molecule has 0 aliphatic heterocycles. The molecule has 0 saturated carbocycles. The first-order valence-corrected chi connectivity index (χ1v) is 4.03. The highest BCUT2D eigenvalue weighted by molar-refractivity contribution is 5.48. The molecule has 0 radical (unpaired) electrons. The number of imidazole rings is 2. The Bertz CT molecular complexity index is 400. The van der Waals surface area contributed by atoms with Crippen LogP contribution in [0.4, 0.5) is 0 Å². The van der Waals surface area contributed by atoms with Crippen LogP contribution in [0.15, 0.2) is 18.6 Å². The Morgan fingerprint density at radius 2 is 2.38 bits per heavy atom. The molecule has 0 saturated heterocycles. The third-order valence-electron chi connectivity index (χ3n) is 1.88. The number of hydrogen-bond donors (Lipinski definition) is 2. The lowest BCUT2D eigenvalue weighted by Gasteiger charge is -1.96. The van der Waals surface area contributed by atoms with Crippen LogP contribution in [0.5, 0.6) is 0 Å². The van der Waals surface area contributed by atoms with E-state index in [-0.39, 0.29) is 0 Å². The second-order valence-electron chi connectivity index (χ2n) is 2.81. The summed E-state index contributed by atoms with van der Waals surface area (Å²) < 4.78 is 1.92. The van der Waals surface area contributed by atoms with Gasteiger partial charge in [0.2, 0.25) is 0 Å². The number of hydrogen-bond acceptors (Lipinski definition) is 3. The number of H-pyrrole nitrogens is 1. The minimum atomic E-state index is 0.421.